The van der Waals surface area contributed by atoms with Gasteiger partial charge in [-0.25, -0.2) is 9.97 Å². The average Bonchev–Trinajstić information content (AvgIpc) is 2.55. The lowest BCUT2D eigenvalue weighted by Crippen LogP contribution is -2.42. The predicted octanol–water partition coefficient (Wildman–Crippen LogP) is 4.59. The third-order valence-corrected chi connectivity index (χ3v) is 4.92. The fraction of sp³-hybridized carbons (Fsp3) is 0.579. The van der Waals surface area contributed by atoms with Crippen LogP contribution in [0, 0.1) is 6.92 Å². The fourth-order valence-electron chi connectivity index (χ4n) is 3.69. The number of rotatable bonds is 5. The number of benzene rings is 1. The van der Waals surface area contributed by atoms with Crippen LogP contribution in [0.4, 0.5) is 19.0 Å². The number of hydrogen-bond acceptors (Lipinski definition) is 4. The van der Waals surface area contributed by atoms with Gasteiger partial charge < -0.3 is 10.6 Å². The van der Waals surface area contributed by atoms with Crippen LogP contribution < -0.4 is 10.6 Å². The van der Waals surface area contributed by atoms with Crippen LogP contribution in [0.25, 0.3) is 10.9 Å². The molecule has 0 bridgehead atoms. The van der Waals surface area contributed by atoms with Crippen molar-refractivity contribution in [2.75, 3.05) is 5.32 Å². The maximum atomic E-state index is 12.5. The molecule has 1 saturated carbocycles. The number of aryl methyl sites for hydroxylation is 1. The number of halogens is 3. The Labute approximate surface area is 151 Å². The van der Waals surface area contributed by atoms with Gasteiger partial charge in [-0.15, -0.1) is 0 Å². The van der Waals surface area contributed by atoms with Crippen molar-refractivity contribution in [3.63, 3.8) is 0 Å². The largest absolute Gasteiger partial charge is 0.390 e. The molecule has 1 aliphatic rings. The van der Waals surface area contributed by atoms with Crippen LogP contribution >= 0.6 is 0 Å². The first-order valence-corrected chi connectivity index (χ1v) is 9.11. The molecule has 1 aromatic carbocycles. The summed E-state index contributed by atoms with van der Waals surface area (Å²) in [5.74, 6) is 0.834. The van der Waals surface area contributed by atoms with Gasteiger partial charge in [0.05, 0.1) is 11.9 Å². The molecule has 1 heterocycles. The highest BCUT2D eigenvalue weighted by Gasteiger charge is 2.31. The highest BCUT2D eigenvalue weighted by atomic mass is 19.4. The second kappa shape index (κ2) is 7.78. The van der Waals surface area contributed by atoms with Crippen molar-refractivity contribution in [1.29, 1.82) is 0 Å². The van der Waals surface area contributed by atoms with Gasteiger partial charge in [-0.2, -0.15) is 13.2 Å². The molecule has 1 aliphatic carbocycles. The van der Waals surface area contributed by atoms with Gasteiger partial charge in [0.1, 0.15) is 12.1 Å². The number of nitrogens with zero attached hydrogens (tertiary/aromatic N) is 2. The topological polar surface area (TPSA) is 49.8 Å². The van der Waals surface area contributed by atoms with Crippen LogP contribution in [0.3, 0.4) is 0 Å². The number of aromatic nitrogens is 2. The molecule has 142 valence electrons. The van der Waals surface area contributed by atoms with Gasteiger partial charge in [-0.3, -0.25) is 0 Å². The van der Waals surface area contributed by atoms with Crippen LogP contribution in [-0.2, 0) is 0 Å². The molecule has 1 fully saturated rings. The van der Waals surface area contributed by atoms with Crippen molar-refractivity contribution in [2.45, 2.75) is 70.3 Å². The number of anilines is 1. The van der Waals surface area contributed by atoms with Gasteiger partial charge in [-0.05, 0) is 51.7 Å². The van der Waals surface area contributed by atoms with Crippen LogP contribution in [-0.4, -0.2) is 34.3 Å². The quantitative estimate of drug-likeness (QED) is 0.812. The van der Waals surface area contributed by atoms with Crippen molar-refractivity contribution in [1.82, 2.24) is 15.3 Å². The molecule has 0 aliphatic heterocycles. The molecule has 0 amide bonds. The summed E-state index contributed by atoms with van der Waals surface area (Å²) in [4.78, 5) is 8.68. The van der Waals surface area contributed by atoms with E-state index in [1.807, 2.05) is 19.1 Å². The lowest BCUT2D eigenvalue weighted by Gasteiger charge is -2.32. The van der Waals surface area contributed by atoms with Crippen molar-refractivity contribution < 1.29 is 13.2 Å². The Kier molecular flexibility index (Phi) is 5.65. The zero-order chi connectivity index (χ0) is 18.7. The van der Waals surface area contributed by atoms with E-state index in [1.54, 1.807) is 13.3 Å². The summed E-state index contributed by atoms with van der Waals surface area (Å²) < 4.78 is 37.4. The van der Waals surface area contributed by atoms with Crippen molar-refractivity contribution >= 4 is 16.7 Å². The van der Waals surface area contributed by atoms with Crippen molar-refractivity contribution in [2.24, 2.45) is 0 Å². The molecule has 0 radical (unpaired) electrons. The van der Waals surface area contributed by atoms with Gasteiger partial charge in [0.25, 0.3) is 0 Å². The maximum Gasteiger partial charge on any atom is 0.390 e. The summed E-state index contributed by atoms with van der Waals surface area (Å²) in [6.45, 7) is 3.64. The molecule has 0 spiro atoms. The van der Waals surface area contributed by atoms with Gasteiger partial charge in [-0.1, -0.05) is 11.6 Å². The van der Waals surface area contributed by atoms with Gasteiger partial charge in [0.2, 0.25) is 0 Å². The first-order valence-electron chi connectivity index (χ1n) is 9.11. The summed E-state index contributed by atoms with van der Waals surface area (Å²) >= 11 is 0. The summed E-state index contributed by atoms with van der Waals surface area (Å²) in [5, 5.41) is 7.63. The van der Waals surface area contributed by atoms with E-state index < -0.39 is 18.6 Å². The first kappa shape index (κ1) is 18.9. The van der Waals surface area contributed by atoms with Crippen LogP contribution in [0.2, 0.25) is 0 Å². The number of nitrogens with one attached hydrogen (secondary N) is 2. The Hall–Kier alpha value is -1.89. The van der Waals surface area contributed by atoms with E-state index in [9.17, 15) is 13.2 Å². The number of alkyl halides is 3. The van der Waals surface area contributed by atoms with E-state index in [-0.39, 0.29) is 12.1 Å². The average molecular weight is 366 g/mol. The third kappa shape index (κ3) is 5.06. The van der Waals surface area contributed by atoms with Crippen LogP contribution in [0.1, 0.15) is 44.6 Å². The molecular weight excluding hydrogens is 341 g/mol. The molecule has 1 aromatic heterocycles. The molecule has 26 heavy (non-hydrogen) atoms. The van der Waals surface area contributed by atoms with Crippen molar-refractivity contribution in [3.05, 3.63) is 30.1 Å². The smallest absolute Gasteiger partial charge is 0.367 e. The van der Waals surface area contributed by atoms with E-state index in [0.717, 1.165) is 48.0 Å². The molecule has 0 saturated heterocycles. The first-order chi connectivity index (χ1) is 12.3. The molecular formula is C19H25F3N4. The minimum absolute atomic E-state index is 0.148. The highest BCUT2D eigenvalue weighted by molar-refractivity contribution is 5.89. The molecule has 1 atom stereocenters. The van der Waals surface area contributed by atoms with Crippen LogP contribution in [0.5, 0.6) is 0 Å². The molecule has 3 rings (SSSR count). The van der Waals surface area contributed by atoms with Crippen LogP contribution in [0.15, 0.2) is 24.5 Å². The van der Waals surface area contributed by atoms with E-state index in [0.29, 0.717) is 0 Å². The Bertz CT molecular complexity index is 739. The summed E-state index contributed by atoms with van der Waals surface area (Å²) in [6.07, 6.45) is 0.214. The second-order valence-electron chi connectivity index (χ2n) is 7.32. The fourth-order valence-corrected chi connectivity index (χ4v) is 3.69. The normalized spacial score (nSPS) is 22.3. The van der Waals surface area contributed by atoms with Gasteiger partial charge in [0.15, 0.2) is 0 Å². The molecule has 1 unspecified atom stereocenters. The molecule has 4 nitrogen and oxygen atoms in total. The zero-order valence-corrected chi connectivity index (χ0v) is 15.1. The number of fused-ring (bicyclic) bond motifs is 1. The Morgan fingerprint density at radius 1 is 1.12 bits per heavy atom. The summed E-state index contributed by atoms with van der Waals surface area (Å²) in [5.41, 5.74) is 2.06. The van der Waals surface area contributed by atoms with E-state index in [4.69, 9.17) is 0 Å². The minimum atomic E-state index is -4.11. The Balaban J connectivity index is 1.55. The molecule has 2 aromatic rings. The SMILES string of the molecule is Cc1ccc2ncnc(N[C@H]3CC[C@H](NC(C)CC(F)(F)F)CC3)c2c1. The van der Waals surface area contributed by atoms with E-state index in [2.05, 4.69) is 26.7 Å². The zero-order valence-electron chi connectivity index (χ0n) is 15.1. The Morgan fingerprint density at radius 2 is 1.81 bits per heavy atom. The highest BCUT2D eigenvalue weighted by Crippen LogP contribution is 2.27. The van der Waals surface area contributed by atoms with E-state index in [1.165, 1.54) is 0 Å². The van der Waals surface area contributed by atoms with E-state index >= 15 is 0 Å². The van der Waals surface area contributed by atoms with Crippen molar-refractivity contribution in [3.8, 4) is 0 Å². The Morgan fingerprint density at radius 3 is 2.50 bits per heavy atom. The van der Waals surface area contributed by atoms with Gasteiger partial charge in [0, 0.05) is 23.5 Å². The van der Waals surface area contributed by atoms with Gasteiger partial charge >= 0.3 is 6.18 Å². The molecule has 7 heteroatoms. The lowest BCUT2D eigenvalue weighted by atomic mass is 9.90. The minimum Gasteiger partial charge on any atom is -0.367 e. The summed E-state index contributed by atoms with van der Waals surface area (Å²) in [6, 6.07) is 5.97. The monoisotopic (exact) mass is 366 g/mol. The lowest BCUT2D eigenvalue weighted by molar-refractivity contribution is -0.139. The standard InChI is InChI=1S/C19H25F3N4/c1-12-3-8-17-16(9-12)18(24-11-23-17)26-15-6-4-14(5-7-15)25-13(2)10-19(20,21)22/h3,8-9,11,13-15,25H,4-7,10H2,1-2H3,(H,23,24,26)/t13?,14-,15-. The second-order valence-corrected chi connectivity index (χ2v) is 7.32. The third-order valence-electron chi connectivity index (χ3n) is 4.92. The number of hydrogen-bond donors (Lipinski definition) is 2. The predicted molar refractivity (Wildman–Crippen MR) is 97.2 cm³/mol. The maximum absolute atomic E-state index is 12.5. The summed E-state index contributed by atoms with van der Waals surface area (Å²) in [7, 11) is 0. The molecule has 2 N–H and O–H groups in total.